The highest BCUT2D eigenvalue weighted by Gasteiger charge is 2.29. The standard InChI is InChI=1S/C20H23NO3/c1-14(22)11-12-21(2)20(23)24-13-19-17-9-5-3-7-15(17)16-8-4-6-10-18(16)19/h3-10,14,19,22H,11-13H2,1-2H3/t14-/m0/s1. The van der Waals surface area contributed by atoms with Crippen LogP contribution in [0.4, 0.5) is 4.79 Å². The number of amides is 1. The lowest BCUT2D eigenvalue weighted by Crippen LogP contribution is -2.31. The van der Waals surface area contributed by atoms with Crippen LogP contribution in [0.1, 0.15) is 30.4 Å². The first kappa shape index (κ1) is 16.5. The van der Waals surface area contributed by atoms with Gasteiger partial charge in [-0.2, -0.15) is 0 Å². The number of carbonyl (C=O) groups excluding carboxylic acids is 1. The fourth-order valence-electron chi connectivity index (χ4n) is 3.18. The Kier molecular flexibility index (Phi) is 4.86. The van der Waals surface area contributed by atoms with E-state index in [1.807, 2.05) is 24.3 Å². The molecule has 1 aliphatic carbocycles. The molecular weight excluding hydrogens is 302 g/mol. The molecule has 24 heavy (non-hydrogen) atoms. The summed E-state index contributed by atoms with van der Waals surface area (Å²) in [5.41, 5.74) is 4.85. The summed E-state index contributed by atoms with van der Waals surface area (Å²) >= 11 is 0. The fourth-order valence-corrected chi connectivity index (χ4v) is 3.18. The molecule has 126 valence electrons. The van der Waals surface area contributed by atoms with Crippen LogP contribution in [0.3, 0.4) is 0 Å². The van der Waals surface area contributed by atoms with Crippen molar-refractivity contribution in [1.29, 1.82) is 0 Å². The molecule has 0 heterocycles. The van der Waals surface area contributed by atoms with Gasteiger partial charge in [0.1, 0.15) is 6.61 Å². The third kappa shape index (κ3) is 3.29. The summed E-state index contributed by atoms with van der Waals surface area (Å²) in [5, 5.41) is 9.33. The molecule has 0 fully saturated rings. The monoisotopic (exact) mass is 325 g/mol. The van der Waals surface area contributed by atoms with Gasteiger partial charge in [-0.25, -0.2) is 4.79 Å². The lowest BCUT2D eigenvalue weighted by molar-refractivity contribution is 0.100. The van der Waals surface area contributed by atoms with E-state index in [1.165, 1.54) is 27.2 Å². The Morgan fingerprint density at radius 2 is 1.67 bits per heavy atom. The number of aliphatic hydroxyl groups is 1. The van der Waals surface area contributed by atoms with E-state index in [0.717, 1.165) is 0 Å². The van der Waals surface area contributed by atoms with Crippen molar-refractivity contribution in [1.82, 2.24) is 4.90 Å². The van der Waals surface area contributed by atoms with Crippen LogP contribution in [-0.4, -0.2) is 42.4 Å². The van der Waals surface area contributed by atoms with E-state index in [9.17, 15) is 9.90 Å². The summed E-state index contributed by atoms with van der Waals surface area (Å²) in [6, 6.07) is 16.6. The van der Waals surface area contributed by atoms with E-state index in [-0.39, 0.29) is 12.0 Å². The van der Waals surface area contributed by atoms with Crippen LogP contribution in [0.15, 0.2) is 48.5 Å². The second-order valence-electron chi connectivity index (χ2n) is 6.36. The summed E-state index contributed by atoms with van der Waals surface area (Å²) < 4.78 is 5.54. The van der Waals surface area contributed by atoms with Crippen molar-refractivity contribution in [3.63, 3.8) is 0 Å². The van der Waals surface area contributed by atoms with Gasteiger partial charge in [0, 0.05) is 19.5 Å². The summed E-state index contributed by atoms with van der Waals surface area (Å²) in [5.74, 6) is 0.0755. The summed E-state index contributed by atoms with van der Waals surface area (Å²) in [6.07, 6.45) is -0.230. The van der Waals surface area contributed by atoms with Crippen LogP contribution in [0.5, 0.6) is 0 Å². The van der Waals surface area contributed by atoms with Gasteiger partial charge in [-0.3, -0.25) is 0 Å². The first-order valence-electron chi connectivity index (χ1n) is 8.32. The van der Waals surface area contributed by atoms with E-state index in [4.69, 9.17) is 4.74 Å². The van der Waals surface area contributed by atoms with Gasteiger partial charge in [0.2, 0.25) is 0 Å². The minimum Gasteiger partial charge on any atom is -0.448 e. The zero-order chi connectivity index (χ0) is 17.1. The molecule has 1 N–H and O–H groups in total. The number of hydrogen-bond donors (Lipinski definition) is 1. The number of aliphatic hydroxyl groups excluding tert-OH is 1. The average Bonchev–Trinajstić information content (AvgIpc) is 2.91. The highest BCUT2D eigenvalue weighted by molar-refractivity contribution is 5.79. The van der Waals surface area contributed by atoms with E-state index < -0.39 is 6.10 Å². The lowest BCUT2D eigenvalue weighted by Gasteiger charge is -2.20. The second-order valence-corrected chi connectivity index (χ2v) is 6.36. The minimum atomic E-state index is -0.422. The number of rotatable bonds is 5. The second kappa shape index (κ2) is 7.05. The summed E-state index contributed by atoms with van der Waals surface area (Å²) in [4.78, 5) is 13.7. The van der Waals surface area contributed by atoms with Crippen LogP contribution in [0.2, 0.25) is 0 Å². The molecule has 0 aliphatic heterocycles. The predicted molar refractivity (Wildman–Crippen MR) is 94.0 cm³/mol. The maximum Gasteiger partial charge on any atom is 0.409 e. The molecule has 4 heteroatoms. The molecular formula is C20H23NO3. The van der Waals surface area contributed by atoms with Crippen molar-refractivity contribution in [2.45, 2.75) is 25.4 Å². The van der Waals surface area contributed by atoms with Gasteiger partial charge < -0.3 is 14.7 Å². The van der Waals surface area contributed by atoms with Crippen LogP contribution < -0.4 is 0 Å². The SMILES string of the molecule is C[C@H](O)CCN(C)C(=O)OCC1c2ccccc2-c2ccccc21. The van der Waals surface area contributed by atoms with Crippen molar-refractivity contribution in [3.05, 3.63) is 59.7 Å². The predicted octanol–water partition coefficient (Wildman–Crippen LogP) is 3.64. The van der Waals surface area contributed by atoms with Gasteiger partial charge in [-0.1, -0.05) is 48.5 Å². The molecule has 0 aromatic heterocycles. The van der Waals surface area contributed by atoms with E-state index in [2.05, 4.69) is 24.3 Å². The maximum atomic E-state index is 12.2. The minimum absolute atomic E-state index is 0.0755. The Hall–Kier alpha value is -2.33. The van der Waals surface area contributed by atoms with Crippen LogP contribution in [0, 0.1) is 0 Å². The molecule has 1 atom stereocenters. The Labute approximate surface area is 142 Å². The zero-order valence-electron chi connectivity index (χ0n) is 14.1. The molecule has 4 nitrogen and oxygen atoms in total. The van der Waals surface area contributed by atoms with Gasteiger partial charge in [-0.05, 0) is 35.6 Å². The average molecular weight is 325 g/mol. The number of fused-ring (bicyclic) bond motifs is 3. The first-order chi connectivity index (χ1) is 11.6. The molecule has 0 saturated heterocycles. The van der Waals surface area contributed by atoms with Crippen molar-refractivity contribution < 1.29 is 14.6 Å². The summed E-state index contributed by atoms with van der Waals surface area (Å²) in [6.45, 7) is 2.52. The molecule has 0 spiro atoms. The van der Waals surface area contributed by atoms with E-state index in [1.54, 1.807) is 14.0 Å². The molecule has 3 rings (SSSR count). The Morgan fingerprint density at radius 3 is 2.21 bits per heavy atom. The smallest absolute Gasteiger partial charge is 0.409 e. The quantitative estimate of drug-likeness (QED) is 0.913. The van der Waals surface area contributed by atoms with Crippen LogP contribution in [-0.2, 0) is 4.74 Å². The molecule has 2 aromatic carbocycles. The van der Waals surface area contributed by atoms with Crippen LogP contribution in [0.25, 0.3) is 11.1 Å². The fraction of sp³-hybridized carbons (Fsp3) is 0.350. The number of nitrogens with zero attached hydrogens (tertiary/aromatic N) is 1. The maximum absolute atomic E-state index is 12.2. The topological polar surface area (TPSA) is 49.8 Å². The largest absolute Gasteiger partial charge is 0.448 e. The normalized spacial score (nSPS) is 14.0. The van der Waals surface area contributed by atoms with Crippen LogP contribution >= 0.6 is 0 Å². The number of hydrogen-bond acceptors (Lipinski definition) is 3. The highest BCUT2D eigenvalue weighted by atomic mass is 16.6. The molecule has 0 unspecified atom stereocenters. The molecule has 0 radical (unpaired) electrons. The molecule has 1 amide bonds. The number of carbonyl (C=O) groups is 1. The third-order valence-corrected chi connectivity index (χ3v) is 4.53. The molecule has 1 aliphatic rings. The molecule has 0 bridgehead atoms. The highest BCUT2D eigenvalue weighted by Crippen LogP contribution is 2.44. The number of ether oxygens (including phenoxy) is 1. The van der Waals surface area contributed by atoms with Crippen molar-refractivity contribution >= 4 is 6.09 Å². The van der Waals surface area contributed by atoms with Crippen molar-refractivity contribution in [3.8, 4) is 11.1 Å². The van der Waals surface area contributed by atoms with Gasteiger partial charge in [0.25, 0.3) is 0 Å². The Morgan fingerprint density at radius 1 is 1.12 bits per heavy atom. The van der Waals surface area contributed by atoms with Gasteiger partial charge in [0.15, 0.2) is 0 Å². The first-order valence-corrected chi connectivity index (χ1v) is 8.32. The Bertz CT molecular complexity index is 681. The molecule has 0 saturated carbocycles. The Balaban J connectivity index is 1.70. The van der Waals surface area contributed by atoms with Crippen molar-refractivity contribution in [2.24, 2.45) is 0 Å². The lowest BCUT2D eigenvalue weighted by atomic mass is 9.98. The van der Waals surface area contributed by atoms with Gasteiger partial charge in [-0.15, -0.1) is 0 Å². The van der Waals surface area contributed by atoms with Gasteiger partial charge in [0.05, 0.1) is 6.10 Å². The zero-order valence-corrected chi connectivity index (χ0v) is 14.1. The van der Waals surface area contributed by atoms with Gasteiger partial charge >= 0.3 is 6.09 Å². The van der Waals surface area contributed by atoms with E-state index in [0.29, 0.717) is 19.6 Å². The van der Waals surface area contributed by atoms with Crippen molar-refractivity contribution in [2.75, 3.05) is 20.2 Å². The number of benzene rings is 2. The third-order valence-electron chi connectivity index (χ3n) is 4.53. The van der Waals surface area contributed by atoms with E-state index >= 15 is 0 Å². The summed E-state index contributed by atoms with van der Waals surface area (Å²) in [7, 11) is 1.70. The molecule has 2 aromatic rings.